The van der Waals surface area contributed by atoms with Crippen LogP contribution in [0.2, 0.25) is 0 Å². The van der Waals surface area contributed by atoms with Gasteiger partial charge in [0.05, 0.1) is 18.9 Å². The molecule has 0 amide bonds. The molecule has 1 aliphatic rings. The second-order valence-corrected chi connectivity index (χ2v) is 7.81. The Morgan fingerprint density at radius 1 is 1.23 bits per heavy atom. The fourth-order valence-electron chi connectivity index (χ4n) is 3.85. The van der Waals surface area contributed by atoms with E-state index in [-0.39, 0.29) is 47.7 Å². The van der Waals surface area contributed by atoms with Crippen molar-refractivity contribution in [3.8, 4) is 17.0 Å². The summed E-state index contributed by atoms with van der Waals surface area (Å²) in [6.07, 6.45) is 2.34. The van der Waals surface area contributed by atoms with E-state index in [0.29, 0.717) is 25.0 Å². The Morgan fingerprint density at radius 3 is 2.61 bits per heavy atom. The van der Waals surface area contributed by atoms with Crippen LogP contribution in [0.15, 0.2) is 23.1 Å². The largest absolute Gasteiger partial charge is 0.490 e. The van der Waals surface area contributed by atoms with Gasteiger partial charge in [-0.1, -0.05) is 13.8 Å². The molecule has 2 heterocycles. The second kappa shape index (κ2) is 9.60. The lowest BCUT2D eigenvalue weighted by Crippen LogP contribution is -2.29. The molecule has 6 nitrogen and oxygen atoms in total. The van der Waals surface area contributed by atoms with Gasteiger partial charge in [0.25, 0.3) is 0 Å². The van der Waals surface area contributed by atoms with Crippen molar-refractivity contribution >= 4 is 5.97 Å². The molecule has 2 aromatic rings. The summed E-state index contributed by atoms with van der Waals surface area (Å²) in [7, 11) is 1.55. The third kappa shape index (κ3) is 4.49. The molecule has 1 unspecified atom stereocenters. The monoisotopic (exact) mass is 435 g/mol. The minimum atomic E-state index is -1.10. The first-order valence-corrected chi connectivity index (χ1v) is 10.4. The normalized spacial score (nSPS) is 14.9. The molecule has 3 rings (SSSR count). The molecule has 0 bridgehead atoms. The van der Waals surface area contributed by atoms with E-state index in [1.165, 1.54) is 18.3 Å². The number of esters is 1. The third-order valence-electron chi connectivity index (χ3n) is 5.39. The minimum absolute atomic E-state index is 0.0196. The summed E-state index contributed by atoms with van der Waals surface area (Å²) >= 11 is 0. The van der Waals surface area contributed by atoms with Gasteiger partial charge in [-0.3, -0.25) is 4.79 Å². The molecule has 1 atom stereocenters. The number of fused-ring (bicyclic) bond motifs is 3. The van der Waals surface area contributed by atoms with Crippen molar-refractivity contribution in [3.05, 3.63) is 51.3 Å². The second-order valence-electron chi connectivity index (χ2n) is 7.81. The van der Waals surface area contributed by atoms with Crippen molar-refractivity contribution in [2.24, 2.45) is 5.92 Å². The van der Waals surface area contributed by atoms with Crippen LogP contribution in [0, 0.1) is 17.6 Å². The molecule has 1 aromatic carbocycles. The van der Waals surface area contributed by atoms with Gasteiger partial charge in [0.2, 0.25) is 5.82 Å². The van der Waals surface area contributed by atoms with Crippen molar-refractivity contribution in [1.29, 1.82) is 0 Å². The molecule has 0 N–H and O–H groups in total. The molecule has 31 heavy (non-hydrogen) atoms. The number of carbonyl (C=O) groups excluding carboxylic acids is 1. The Bertz CT molecular complexity index is 1030. The maximum atomic E-state index is 15.2. The predicted molar refractivity (Wildman–Crippen MR) is 112 cm³/mol. The highest BCUT2D eigenvalue weighted by molar-refractivity contribution is 5.89. The Labute approximate surface area is 179 Å². The van der Waals surface area contributed by atoms with Gasteiger partial charge in [0.1, 0.15) is 5.56 Å². The fourth-order valence-corrected chi connectivity index (χ4v) is 3.85. The van der Waals surface area contributed by atoms with Crippen LogP contribution in [0.4, 0.5) is 8.78 Å². The zero-order valence-corrected chi connectivity index (χ0v) is 18.2. The number of hydrogen-bond donors (Lipinski definition) is 0. The summed E-state index contributed by atoms with van der Waals surface area (Å²) in [5.41, 5.74) is 0.0903. The molecule has 1 aromatic heterocycles. The summed E-state index contributed by atoms with van der Waals surface area (Å²) in [4.78, 5) is 24.8. The number of nitrogens with zero attached hydrogens (tertiary/aromatic N) is 1. The standard InChI is InChI=1S/C23H27F2NO5/c1-5-30-23(28)15-12-26-16(13(2)3)9-14-10-19(31-8-6-7-29-4)21(24)22(25)20(14)17(26)11-18(15)27/h10-13,16H,5-9H2,1-4H3. The summed E-state index contributed by atoms with van der Waals surface area (Å²) in [6.45, 7) is 6.39. The van der Waals surface area contributed by atoms with Crippen LogP contribution >= 0.6 is 0 Å². The zero-order valence-electron chi connectivity index (χ0n) is 18.2. The average Bonchev–Trinajstić information content (AvgIpc) is 2.73. The number of pyridine rings is 1. The quantitative estimate of drug-likeness (QED) is 0.461. The SMILES string of the molecule is CCOC(=O)c1cn2c(cc1=O)-c1c(cc(OCCCOC)c(F)c1F)CC2C(C)C. The predicted octanol–water partition coefficient (Wildman–Crippen LogP) is 4.14. The molecule has 168 valence electrons. The van der Waals surface area contributed by atoms with E-state index in [2.05, 4.69) is 0 Å². The highest BCUT2D eigenvalue weighted by Gasteiger charge is 2.32. The van der Waals surface area contributed by atoms with Gasteiger partial charge in [0, 0.05) is 44.0 Å². The highest BCUT2D eigenvalue weighted by Crippen LogP contribution is 2.41. The van der Waals surface area contributed by atoms with Crippen molar-refractivity contribution < 1.29 is 27.8 Å². The maximum Gasteiger partial charge on any atom is 0.343 e. The molecule has 0 saturated heterocycles. The van der Waals surface area contributed by atoms with E-state index in [9.17, 15) is 14.0 Å². The molecule has 8 heteroatoms. The topological polar surface area (TPSA) is 66.8 Å². The van der Waals surface area contributed by atoms with Crippen LogP contribution in [-0.2, 0) is 15.9 Å². The molecule has 0 aliphatic carbocycles. The number of carbonyl (C=O) groups is 1. The number of aromatic nitrogens is 1. The molecular weight excluding hydrogens is 408 g/mol. The smallest absolute Gasteiger partial charge is 0.343 e. The van der Waals surface area contributed by atoms with Gasteiger partial charge in [-0.25, -0.2) is 9.18 Å². The van der Waals surface area contributed by atoms with Crippen LogP contribution in [0.5, 0.6) is 5.75 Å². The number of halogens is 2. The van der Waals surface area contributed by atoms with Crippen LogP contribution in [0.25, 0.3) is 11.3 Å². The maximum absolute atomic E-state index is 15.2. The molecule has 0 fully saturated rings. The van der Waals surface area contributed by atoms with Gasteiger partial charge >= 0.3 is 5.97 Å². The Balaban J connectivity index is 2.12. The highest BCUT2D eigenvalue weighted by atomic mass is 19.2. The number of hydrogen-bond acceptors (Lipinski definition) is 5. The van der Waals surface area contributed by atoms with Crippen molar-refractivity contribution in [2.45, 2.75) is 39.7 Å². The lowest BCUT2D eigenvalue weighted by molar-refractivity contribution is 0.0523. The van der Waals surface area contributed by atoms with E-state index in [1.807, 2.05) is 13.8 Å². The van der Waals surface area contributed by atoms with Crippen molar-refractivity contribution in [1.82, 2.24) is 4.57 Å². The van der Waals surface area contributed by atoms with Crippen LogP contribution in [0.3, 0.4) is 0 Å². The molecule has 0 radical (unpaired) electrons. The first kappa shape index (κ1) is 22.9. The average molecular weight is 435 g/mol. The molecule has 0 saturated carbocycles. The fraction of sp³-hybridized carbons (Fsp3) is 0.478. The number of ether oxygens (including phenoxy) is 3. The minimum Gasteiger partial charge on any atom is -0.490 e. The van der Waals surface area contributed by atoms with E-state index in [0.717, 1.165) is 0 Å². The van der Waals surface area contributed by atoms with Gasteiger partial charge in [-0.2, -0.15) is 4.39 Å². The van der Waals surface area contributed by atoms with Gasteiger partial charge < -0.3 is 18.8 Å². The van der Waals surface area contributed by atoms with Gasteiger partial charge in [-0.15, -0.1) is 0 Å². The van der Waals surface area contributed by atoms with Crippen molar-refractivity contribution in [2.75, 3.05) is 26.9 Å². The summed E-state index contributed by atoms with van der Waals surface area (Å²) in [6, 6.07) is 2.52. The van der Waals surface area contributed by atoms with Gasteiger partial charge in [0.15, 0.2) is 17.0 Å². The molecular formula is C23H27F2NO5. The third-order valence-corrected chi connectivity index (χ3v) is 5.39. The van der Waals surface area contributed by atoms with E-state index in [1.54, 1.807) is 18.6 Å². The first-order chi connectivity index (χ1) is 14.8. The lowest BCUT2D eigenvalue weighted by Gasteiger charge is -2.33. The Kier molecular flexibility index (Phi) is 7.10. The van der Waals surface area contributed by atoms with E-state index >= 15 is 4.39 Å². The lowest BCUT2D eigenvalue weighted by atomic mass is 9.86. The number of rotatable bonds is 8. The Morgan fingerprint density at radius 2 is 1.97 bits per heavy atom. The van der Waals surface area contributed by atoms with Crippen LogP contribution in [0.1, 0.15) is 49.2 Å². The summed E-state index contributed by atoms with van der Waals surface area (Å²) in [5.74, 6) is -2.97. The van der Waals surface area contributed by atoms with E-state index in [4.69, 9.17) is 14.2 Å². The van der Waals surface area contributed by atoms with Gasteiger partial charge in [-0.05, 0) is 30.9 Å². The molecule has 1 aliphatic heterocycles. The van der Waals surface area contributed by atoms with Crippen LogP contribution < -0.4 is 10.2 Å². The zero-order chi connectivity index (χ0) is 22.7. The first-order valence-electron chi connectivity index (χ1n) is 10.4. The molecule has 0 spiro atoms. The number of methoxy groups -OCH3 is 1. The summed E-state index contributed by atoms with van der Waals surface area (Å²) in [5, 5.41) is 0. The summed E-state index contributed by atoms with van der Waals surface area (Å²) < 4.78 is 47.0. The van der Waals surface area contributed by atoms with E-state index < -0.39 is 23.0 Å². The van der Waals surface area contributed by atoms with Crippen LogP contribution in [-0.4, -0.2) is 37.5 Å². The van der Waals surface area contributed by atoms with Crippen molar-refractivity contribution in [3.63, 3.8) is 0 Å². The number of benzene rings is 1. The Hall–Kier alpha value is -2.74.